The summed E-state index contributed by atoms with van der Waals surface area (Å²) in [5.74, 6) is 0. The molecule has 20 heteroatoms. The highest BCUT2D eigenvalue weighted by atomic mass is 16.3. The lowest BCUT2D eigenvalue weighted by Gasteiger charge is -2.32. The van der Waals surface area contributed by atoms with Gasteiger partial charge in [0, 0.05) is 10.8 Å². The molecule has 276 valence electrons. The summed E-state index contributed by atoms with van der Waals surface area (Å²) in [5.41, 5.74) is 36.3. The molecule has 0 fully saturated rings. The van der Waals surface area contributed by atoms with Crippen LogP contribution < -0.4 is 104 Å². The van der Waals surface area contributed by atoms with E-state index in [0.717, 1.165) is 11.2 Å². The summed E-state index contributed by atoms with van der Waals surface area (Å²) in [5, 5.41) is 10.8. The maximum absolute atomic E-state index is 6.46. The fourth-order valence-electron chi connectivity index (χ4n) is 11.9. The molecule has 0 unspecified atom stereocenters. The zero-order valence-electron chi connectivity index (χ0n) is 40.9. The van der Waals surface area contributed by atoms with Crippen molar-refractivity contribution in [3.63, 3.8) is 0 Å². The maximum atomic E-state index is 6.46. The Balaban J connectivity index is 1.53. The molecule has 0 saturated carbocycles. The van der Waals surface area contributed by atoms with Crippen molar-refractivity contribution in [1.82, 2.24) is 0 Å². The van der Waals surface area contributed by atoms with Gasteiger partial charge in [-0.2, -0.15) is 0 Å². The second kappa shape index (κ2) is 14.8. The van der Waals surface area contributed by atoms with E-state index < -0.39 is 0 Å². The lowest BCUT2D eigenvalue weighted by atomic mass is 9.55. The van der Waals surface area contributed by atoms with Crippen molar-refractivity contribution in [1.29, 1.82) is 0 Å². The Morgan fingerprint density at radius 3 is 1.02 bits per heavy atom. The van der Waals surface area contributed by atoms with E-state index in [1.807, 2.05) is 0 Å². The van der Waals surface area contributed by atoms with Crippen LogP contribution in [0, 0.1) is 0 Å². The number of hydrogen-bond donors (Lipinski definition) is 0. The molecule has 62 heavy (non-hydrogen) atoms. The van der Waals surface area contributed by atoms with Crippen LogP contribution in [0.3, 0.4) is 0 Å². The topological polar surface area (TPSA) is 13.1 Å². The smallest absolute Gasteiger partial charge is 0.139 e. The first-order valence-electron chi connectivity index (χ1n) is 22.7. The van der Waals surface area contributed by atoms with Crippen molar-refractivity contribution in [2.24, 2.45) is 0 Å². The summed E-state index contributed by atoms with van der Waals surface area (Å²) in [6, 6.07) is 15.2. The van der Waals surface area contributed by atoms with Gasteiger partial charge in [-0.25, -0.2) is 0 Å². The van der Waals surface area contributed by atoms with E-state index in [1.165, 1.54) is 180 Å². The van der Waals surface area contributed by atoms with Crippen LogP contribution in [-0.4, -0.2) is 149 Å². The van der Waals surface area contributed by atoms with Gasteiger partial charge >= 0.3 is 0 Å². The molecule has 9 rings (SSSR count). The SMILES string of the molecule is Bc1c(B)c(-c2c3c(B)c(B)c(B)c(B)c3c(-c3c(B)c(B)c(B)c4c(B)c(B)c(B)c(B)c34)c3c(B)c(B)c(B)c(B)c23)c(B)c(B)c1-c1ccc2c(c1)oc1ccccc12. The van der Waals surface area contributed by atoms with Gasteiger partial charge < -0.3 is 4.42 Å². The van der Waals surface area contributed by atoms with E-state index in [-0.39, 0.29) is 0 Å². The van der Waals surface area contributed by atoms with Gasteiger partial charge in [0.05, 0.1) is 0 Å². The van der Waals surface area contributed by atoms with E-state index in [1.54, 1.807) is 0 Å². The molecule has 1 heterocycles. The number of para-hydroxylation sites is 1. The molecule has 0 N–H and O–H groups in total. The molecule has 1 nitrogen and oxygen atoms in total. The molecule has 0 aliphatic carbocycles. The highest BCUT2D eigenvalue weighted by Crippen LogP contribution is 2.41. The summed E-state index contributed by atoms with van der Waals surface area (Å²) in [6.07, 6.45) is 0. The molecule has 0 saturated heterocycles. The third kappa shape index (κ3) is 5.62. The van der Waals surface area contributed by atoms with E-state index in [0.29, 0.717) is 0 Å². The number of furan rings is 1. The Kier molecular flexibility index (Phi) is 10.2. The standard InChI is InChI=1S/C42H45B19O/c43-24-13(8-5-6-10-9-3-1-2-4-11(9)62-12(10)7-8)25(44)33(52)22(32(24)51)15-19-16(27(46)37(56)39(58)29(19)48)14(17-20(15)30(49)40(59)38(57)28(17)47)18-21-23(34(53)36(55)26(18)45)35(54)42(61)41(60)31(21)50/h1-7H,43-61H2. The molecular weight excluding hydrogens is 726 g/mol. The molecule has 0 amide bonds. The molecule has 0 bridgehead atoms. The fourth-order valence-corrected chi connectivity index (χ4v) is 11.9. The predicted molar refractivity (Wildman–Crippen MR) is 338 cm³/mol. The zero-order chi connectivity index (χ0) is 44.9. The van der Waals surface area contributed by atoms with Crippen molar-refractivity contribution in [2.45, 2.75) is 0 Å². The summed E-state index contributed by atoms with van der Waals surface area (Å²) in [7, 11) is 45.0. The van der Waals surface area contributed by atoms with Gasteiger partial charge in [-0.1, -0.05) is 89.8 Å². The number of rotatable bonds is 3. The molecule has 0 aliphatic rings. The summed E-state index contributed by atoms with van der Waals surface area (Å²) in [6.45, 7) is 0. The Morgan fingerprint density at radius 1 is 0.242 bits per heavy atom. The summed E-state index contributed by atoms with van der Waals surface area (Å²) >= 11 is 0. The fraction of sp³-hybridized carbons (Fsp3) is 0. The Morgan fingerprint density at radius 2 is 0.565 bits per heavy atom. The Bertz CT molecular complexity index is 3460. The molecular formula is C42H45B19O. The Labute approximate surface area is 385 Å². The van der Waals surface area contributed by atoms with Crippen LogP contribution in [0.4, 0.5) is 0 Å². The van der Waals surface area contributed by atoms with Crippen LogP contribution in [0.25, 0.3) is 87.6 Å². The first-order valence-corrected chi connectivity index (χ1v) is 22.7. The van der Waals surface area contributed by atoms with Crippen molar-refractivity contribution in [3.8, 4) is 33.4 Å². The van der Waals surface area contributed by atoms with Gasteiger partial charge in [0.1, 0.15) is 160 Å². The first kappa shape index (κ1) is 42.9. The quantitative estimate of drug-likeness (QED) is 0.129. The molecule has 9 aromatic rings. The third-order valence-electron chi connectivity index (χ3n) is 17.0. The van der Waals surface area contributed by atoms with Gasteiger partial charge in [0.2, 0.25) is 0 Å². The monoisotopic (exact) mass is 775 g/mol. The van der Waals surface area contributed by atoms with Gasteiger partial charge in [0.25, 0.3) is 0 Å². The van der Waals surface area contributed by atoms with Crippen LogP contribution in [0.1, 0.15) is 0 Å². The van der Waals surface area contributed by atoms with Gasteiger partial charge in [-0.05, 0) is 83.9 Å². The molecule has 0 atom stereocenters. The lowest BCUT2D eigenvalue weighted by molar-refractivity contribution is 0.669. The highest BCUT2D eigenvalue weighted by Gasteiger charge is 2.30. The average Bonchev–Trinajstić information content (AvgIpc) is 3.63. The minimum atomic E-state index is 0.935. The van der Waals surface area contributed by atoms with E-state index >= 15 is 0 Å². The molecule has 8 aromatic carbocycles. The second-order valence-corrected chi connectivity index (χ2v) is 19.3. The molecule has 0 radical (unpaired) electrons. The number of fused-ring (bicyclic) bond motifs is 6. The Hall–Kier alpha value is -4.43. The average molecular weight is 771 g/mol. The predicted octanol–water partition coefficient (Wildman–Crippen LogP) is -21.0. The minimum absolute atomic E-state index is 0.935. The highest BCUT2D eigenvalue weighted by molar-refractivity contribution is 6.75. The normalized spacial score (nSPS) is 11.8. The largest absolute Gasteiger partial charge is 0.456 e. The van der Waals surface area contributed by atoms with Crippen LogP contribution >= 0.6 is 0 Å². The van der Waals surface area contributed by atoms with Crippen molar-refractivity contribution >= 4 is 307 Å². The van der Waals surface area contributed by atoms with Crippen LogP contribution in [0.2, 0.25) is 0 Å². The molecule has 1 aromatic heterocycles. The van der Waals surface area contributed by atoms with Crippen LogP contribution in [0.15, 0.2) is 46.9 Å². The maximum Gasteiger partial charge on any atom is 0.139 e. The number of hydrogen-bond acceptors (Lipinski definition) is 1. The minimum Gasteiger partial charge on any atom is -0.456 e. The van der Waals surface area contributed by atoms with Crippen molar-refractivity contribution in [3.05, 3.63) is 42.5 Å². The first-order chi connectivity index (χ1) is 29.2. The molecule has 0 aliphatic heterocycles. The van der Waals surface area contributed by atoms with E-state index in [9.17, 15) is 0 Å². The van der Waals surface area contributed by atoms with Crippen LogP contribution in [0.5, 0.6) is 0 Å². The van der Waals surface area contributed by atoms with Gasteiger partial charge in [-0.15, -0.1) is 38.2 Å². The van der Waals surface area contributed by atoms with Gasteiger partial charge in [-0.3, -0.25) is 0 Å². The van der Waals surface area contributed by atoms with Crippen molar-refractivity contribution in [2.75, 3.05) is 0 Å². The lowest BCUT2D eigenvalue weighted by Crippen LogP contribution is -2.53. The van der Waals surface area contributed by atoms with Crippen LogP contribution in [-0.2, 0) is 0 Å². The molecule has 0 spiro atoms. The third-order valence-corrected chi connectivity index (χ3v) is 17.0. The van der Waals surface area contributed by atoms with Crippen molar-refractivity contribution < 1.29 is 4.42 Å². The summed E-state index contributed by atoms with van der Waals surface area (Å²) < 4.78 is 6.46. The number of benzene rings is 8. The second-order valence-electron chi connectivity index (χ2n) is 19.3. The van der Waals surface area contributed by atoms with E-state index in [2.05, 4.69) is 192 Å². The summed E-state index contributed by atoms with van der Waals surface area (Å²) in [4.78, 5) is 0. The van der Waals surface area contributed by atoms with E-state index in [4.69, 9.17) is 4.42 Å². The zero-order valence-corrected chi connectivity index (χ0v) is 40.9. The van der Waals surface area contributed by atoms with Gasteiger partial charge in [0.15, 0.2) is 0 Å².